The predicted molar refractivity (Wildman–Crippen MR) is 98.8 cm³/mol. The summed E-state index contributed by atoms with van der Waals surface area (Å²) in [5, 5.41) is 23.4. The molecular formula is C20H20N2O3. The maximum Gasteiger partial charge on any atom is 0.166 e. The third-order valence-corrected chi connectivity index (χ3v) is 4.10. The van der Waals surface area contributed by atoms with Crippen molar-refractivity contribution in [2.75, 3.05) is 5.32 Å². The van der Waals surface area contributed by atoms with E-state index in [4.69, 9.17) is 0 Å². The molecule has 25 heavy (non-hydrogen) atoms. The Morgan fingerprint density at radius 1 is 1.12 bits per heavy atom. The Morgan fingerprint density at radius 2 is 1.84 bits per heavy atom. The lowest BCUT2D eigenvalue weighted by Crippen LogP contribution is -2.06. The van der Waals surface area contributed by atoms with Crippen molar-refractivity contribution in [2.45, 2.75) is 26.7 Å². The fraction of sp³-hybridized carbons (Fsp3) is 0.200. The minimum atomic E-state index is -0.000765. The number of pyridine rings is 1. The fourth-order valence-electron chi connectivity index (χ4n) is 2.81. The van der Waals surface area contributed by atoms with Crippen molar-refractivity contribution in [1.29, 1.82) is 0 Å². The quantitative estimate of drug-likeness (QED) is 0.465. The van der Waals surface area contributed by atoms with E-state index >= 15 is 0 Å². The molecule has 0 aliphatic rings. The molecule has 5 nitrogen and oxygen atoms in total. The Bertz CT molecular complexity index is 951. The zero-order valence-corrected chi connectivity index (χ0v) is 14.2. The molecule has 2 aromatic carbocycles. The summed E-state index contributed by atoms with van der Waals surface area (Å²) in [6, 6.07) is 9.88. The highest BCUT2D eigenvalue weighted by atomic mass is 16.3. The first-order valence-corrected chi connectivity index (χ1v) is 8.21. The number of phenols is 2. The summed E-state index contributed by atoms with van der Waals surface area (Å²) in [5.74, 6) is 0.293. The van der Waals surface area contributed by atoms with Crippen LogP contribution in [0.4, 0.5) is 11.4 Å². The van der Waals surface area contributed by atoms with Crippen LogP contribution in [0, 0.1) is 6.92 Å². The van der Waals surface area contributed by atoms with Gasteiger partial charge < -0.3 is 15.5 Å². The minimum Gasteiger partial charge on any atom is -0.508 e. The number of ketones is 1. The van der Waals surface area contributed by atoms with Crippen molar-refractivity contribution in [3.63, 3.8) is 0 Å². The summed E-state index contributed by atoms with van der Waals surface area (Å²) in [4.78, 5) is 16.9. The SMILES string of the molecule is CCCC(=O)c1cnc2ccc(O)cc2c1Nc1ccc(O)cc1C. The zero-order valence-electron chi connectivity index (χ0n) is 14.2. The molecule has 128 valence electrons. The number of hydrogen-bond acceptors (Lipinski definition) is 5. The van der Waals surface area contributed by atoms with Crippen molar-refractivity contribution in [1.82, 2.24) is 4.98 Å². The summed E-state index contributed by atoms with van der Waals surface area (Å²) >= 11 is 0. The van der Waals surface area contributed by atoms with Gasteiger partial charge in [-0.2, -0.15) is 0 Å². The average Bonchev–Trinajstić information content (AvgIpc) is 2.57. The molecule has 0 saturated heterocycles. The van der Waals surface area contributed by atoms with Crippen LogP contribution in [0.1, 0.15) is 35.7 Å². The third kappa shape index (κ3) is 3.40. The molecule has 0 amide bonds. The van der Waals surface area contributed by atoms with Crippen molar-refractivity contribution in [2.24, 2.45) is 0 Å². The van der Waals surface area contributed by atoms with Gasteiger partial charge in [-0.25, -0.2) is 0 Å². The summed E-state index contributed by atoms with van der Waals surface area (Å²) in [5.41, 5.74) is 3.42. The molecule has 0 atom stereocenters. The highest BCUT2D eigenvalue weighted by Gasteiger charge is 2.16. The van der Waals surface area contributed by atoms with Crippen LogP contribution in [0.15, 0.2) is 42.6 Å². The minimum absolute atomic E-state index is 0.000765. The van der Waals surface area contributed by atoms with Crippen LogP contribution in [-0.2, 0) is 0 Å². The number of Topliss-reactive ketones (excluding diaryl/α,β-unsaturated/α-hetero) is 1. The van der Waals surface area contributed by atoms with Crippen molar-refractivity contribution < 1.29 is 15.0 Å². The van der Waals surface area contributed by atoms with E-state index in [1.165, 1.54) is 0 Å². The number of carbonyl (C=O) groups excluding carboxylic acids is 1. The molecule has 0 radical (unpaired) electrons. The number of phenolic OH excluding ortho intramolecular Hbond substituents is 2. The highest BCUT2D eigenvalue weighted by Crippen LogP contribution is 2.33. The largest absolute Gasteiger partial charge is 0.508 e. The van der Waals surface area contributed by atoms with E-state index in [2.05, 4.69) is 10.3 Å². The number of fused-ring (bicyclic) bond motifs is 1. The Morgan fingerprint density at radius 3 is 2.56 bits per heavy atom. The zero-order chi connectivity index (χ0) is 18.0. The smallest absolute Gasteiger partial charge is 0.166 e. The second kappa shape index (κ2) is 6.81. The predicted octanol–water partition coefficient (Wildman–Crippen LogP) is 4.68. The van der Waals surface area contributed by atoms with Gasteiger partial charge in [0.1, 0.15) is 11.5 Å². The number of anilines is 2. The van der Waals surface area contributed by atoms with Crippen LogP contribution in [0.5, 0.6) is 11.5 Å². The van der Waals surface area contributed by atoms with Crippen LogP contribution in [-0.4, -0.2) is 21.0 Å². The van der Waals surface area contributed by atoms with E-state index in [0.29, 0.717) is 28.6 Å². The molecule has 1 heterocycles. The molecule has 0 aliphatic heterocycles. The number of rotatable bonds is 5. The molecule has 0 bridgehead atoms. The highest BCUT2D eigenvalue weighted by molar-refractivity contribution is 6.09. The Hall–Kier alpha value is -3.08. The lowest BCUT2D eigenvalue weighted by Gasteiger charge is -2.16. The molecule has 0 fully saturated rings. The molecule has 0 spiro atoms. The number of hydrogen-bond donors (Lipinski definition) is 3. The van der Waals surface area contributed by atoms with Gasteiger partial charge in [0.05, 0.1) is 16.8 Å². The lowest BCUT2D eigenvalue weighted by molar-refractivity contribution is 0.0982. The van der Waals surface area contributed by atoms with Crippen LogP contribution >= 0.6 is 0 Å². The van der Waals surface area contributed by atoms with E-state index in [1.807, 2.05) is 13.8 Å². The fourth-order valence-corrected chi connectivity index (χ4v) is 2.81. The van der Waals surface area contributed by atoms with Crippen molar-refractivity contribution >= 4 is 28.1 Å². The molecule has 3 N–H and O–H groups in total. The summed E-state index contributed by atoms with van der Waals surface area (Å²) < 4.78 is 0. The van der Waals surface area contributed by atoms with E-state index < -0.39 is 0 Å². The van der Waals surface area contributed by atoms with Gasteiger partial charge in [-0.3, -0.25) is 9.78 Å². The summed E-state index contributed by atoms with van der Waals surface area (Å²) in [7, 11) is 0. The first-order valence-electron chi connectivity index (χ1n) is 8.21. The molecule has 5 heteroatoms. The first-order chi connectivity index (χ1) is 12.0. The van der Waals surface area contributed by atoms with Gasteiger partial charge in [-0.15, -0.1) is 0 Å². The van der Waals surface area contributed by atoms with E-state index in [1.54, 1.807) is 42.6 Å². The van der Waals surface area contributed by atoms with E-state index in [0.717, 1.165) is 17.7 Å². The molecule has 3 rings (SSSR count). The second-order valence-corrected chi connectivity index (χ2v) is 6.05. The Labute approximate surface area is 146 Å². The molecule has 1 aromatic heterocycles. The summed E-state index contributed by atoms with van der Waals surface area (Å²) in [6.45, 7) is 3.83. The van der Waals surface area contributed by atoms with Crippen LogP contribution in [0.25, 0.3) is 10.9 Å². The molecule has 0 aliphatic carbocycles. The van der Waals surface area contributed by atoms with E-state index in [-0.39, 0.29) is 17.3 Å². The van der Waals surface area contributed by atoms with Gasteiger partial charge in [0.15, 0.2) is 5.78 Å². The monoisotopic (exact) mass is 336 g/mol. The number of benzene rings is 2. The maximum atomic E-state index is 12.5. The maximum absolute atomic E-state index is 12.5. The number of nitrogens with zero attached hydrogens (tertiary/aromatic N) is 1. The molecule has 3 aromatic rings. The summed E-state index contributed by atoms with van der Waals surface area (Å²) in [6.07, 6.45) is 2.75. The van der Waals surface area contributed by atoms with Crippen LogP contribution in [0.3, 0.4) is 0 Å². The van der Waals surface area contributed by atoms with Gasteiger partial charge in [-0.05, 0) is 55.3 Å². The van der Waals surface area contributed by atoms with Crippen molar-refractivity contribution in [3.8, 4) is 11.5 Å². The average molecular weight is 336 g/mol. The number of nitrogens with one attached hydrogen (secondary N) is 1. The normalized spacial score (nSPS) is 10.8. The standard InChI is InChI=1S/C20H20N2O3/c1-3-4-19(25)16-11-21-18-8-6-14(24)10-15(18)20(16)22-17-7-5-13(23)9-12(17)2/h5-11,23-24H,3-4H2,1-2H3,(H,21,22). The van der Waals surface area contributed by atoms with Gasteiger partial charge in [0.25, 0.3) is 0 Å². The van der Waals surface area contributed by atoms with Crippen molar-refractivity contribution in [3.05, 3.63) is 53.7 Å². The van der Waals surface area contributed by atoms with Gasteiger partial charge >= 0.3 is 0 Å². The third-order valence-electron chi connectivity index (χ3n) is 4.10. The van der Waals surface area contributed by atoms with Crippen LogP contribution in [0.2, 0.25) is 0 Å². The number of aromatic nitrogens is 1. The van der Waals surface area contributed by atoms with E-state index in [9.17, 15) is 15.0 Å². The number of carbonyl (C=O) groups is 1. The first kappa shape index (κ1) is 16.8. The van der Waals surface area contributed by atoms with Gasteiger partial charge in [0.2, 0.25) is 0 Å². The van der Waals surface area contributed by atoms with Crippen LogP contribution < -0.4 is 5.32 Å². The lowest BCUT2D eigenvalue weighted by atomic mass is 10.0. The Balaban J connectivity index is 2.19. The van der Waals surface area contributed by atoms with Gasteiger partial charge in [-0.1, -0.05) is 6.92 Å². The topological polar surface area (TPSA) is 82.5 Å². The number of aryl methyl sites for hydroxylation is 1. The molecule has 0 unspecified atom stereocenters. The molecular weight excluding hydrogens is 316 g/mol. The molecule has 0 saturated carbocycles. The number of aromatic hydroxyl groups is 2. The van der Waals surface area contributed by atoms with Gasteiger partial charge in [0, 0.05) is 23.7 Å². The second-order valence-electron chi connectivity index (χ2n) is 6.05. The Kier molecular flexibility index (Phi) is 4.57.